The summed E-state index contributed by atoms with van der Waals surface area (Å²) in [5.74, 6) is 0.188. The lowest BCUT2D eigenvalue weighted by Gasteiger charge is -2.58. The number of carbonyl (C=O) groups excluding carboxylic acids is 1. The Morgan fingerprint density at radius 3 is 2.65 bits per heavy atom. The Morgan fingerprint density at radius 2 is 2.00 bits per heavy atom. The number of aliphatic carboxylic acids is 1. The zero-order valence-corrected chi connectivity index (χ0v) is 20.9. The monoisotopic (exact) mass is 474 g/mol. The van der Waals surface area contributed by atoms with Gasteiger partial charge in [0, 0.05) is 12.5 Å². The summed E-state index contributed by atoms with van der Waals surface area (Å²) in [6.07, 6.45) is 5.59. The maximum Gasteiger partial charge on any atom is 0.315 e. The van der Waals surface area contributed by atoms with E-state index in [9.17, 15) is 14.7 Å². The molecule has 1 N–H and O–H groups in total. The van der Waals surface area contributed by atoms with Crippen molar-refractivity contribution in [2.45, 2.75) is 84.1 Å². The van der Waals surface area contributed by atoms with Gasteiger partial charge >= 0.3 is 5.97 Å². The van der Waals surface area contributed by atoms with Crippen LogP contribution in [0.1, 0.15) is 53.4 Å². The quantitative estimate of drug-likeness (QED) is 0.343. The van der Waals surface area contributed by atoms with Gasteiger partial charge in [0.25, 0.3) is 0 Å². The average Bonchev–Trinajstić information content (AvgIpc) is 3.39. The van der Waals surface area contributed by atoms with Crippen molar-refractivity contribution in [2.24, 2.45) is 45.8 Å². The van der Waals surface area contributed by atoms with E-state index in [4.69, 9.17) is 18.9 Å². The summed E-state index contributed by atoms with van der Waals surface area (Å²) in [5.41, 5.74) is -1.79. The van der Waals surface area contributed by atoms with E-state index in [1.807, 2.05) is 6.92 Å². The first-order chi connectivity index (χ1) is 16.2. The molecule has 2 aliphatic heterocycles. The summed E-state index contributed by atoms with van der Waals surface area (Å²) in [5, 5.41) is 11.0. The molecule has 0 aromatic rings. The Balaban J connectivity index is 1.40. The number of fused-ring (bicyclic) bond motifs is 3. The van der Waals surface area contributed by atoms with Crippen molar-refractivity contribution in [3.8, 4) is 0 Å². The second-order valence-electron chi connectivity index (χ2n) is 12.3. The van der Waals surface area contributed by atoms with Gasteiger partial charge in [0.15, 0.2) is 6.29 Å². The molecule has 6 aliphatic rings. The van der Waals surface area contributed by atoms with Gasteiger partial charge in [-0.15, -0.1) is 0 Å². The van der Waals surface area contributed by atoms with Gasteiger partial charge in [0.1, 0.15) is 30.0 Å². The smallest absolute Gasteiger partial charge is 0.315 e. The molecule has 7 unspecified atom stereocenters. The SMILES string of the molecule is CO[C@H]1[C@H]2O[C@H]2[C@H](OCC23CC4C(C)CCC4C4(C=O)CC2C=C(C(C)C)C43C(=O)O)O[C@@H]1C. The Morgan fingerprint density at radius 1 is 1.24 bits per heavy atom. The highest BCUT2D eigenvalue weighted by molar-refractivity contribution is 5.90. The van der Waals surface area contributed by atoms with Crippen LogP contribution in [0.15, 0.2) is 11.6 Å². The van der Waals surface area contributed by atoms with Crippen molar-refractivity contribution in [1.29, 1.82) is 0 Å². The number of carbonyl (C=O) groups is 2. The van der Waals surface area contributed by atoms with Crippen LogP contribution in [0.5, 0.6) is 0 Å². The second-order valence-corrected chi connectivity index (χ2v) is 12.3. The molecule has 4 bridgehead atoms. The molecule has 0 spiro atoms. The number of carboxylic acid groups (broad SMARTS) is 1. The molecule has 7 nitrogen and oxygen atoms in total. The molecule has 7 heteroatoms. The van der Waals surface area contributed by atoms with Gasteiger partial charge in [-0.2, -0.15) is 0 Å². The largest absolute Gasteiger partial charge is 0.481 e. The molecule has 0 radical (unpaired) electrons. The lowest BCUT2D eigenvalue weighted by Crippen LogP contribution is -2.63. The molecule has 0 aromatic heterocycles. The number of allylic oxidation sites excluding steroid dienone is 1. The van der Waals surface area contributed by atoms with Crippen LogP contribution in [-0.4, -0.2) is 61.8 Å². The van der Waals surface area contributed by atoms with Gasteiger partial charge in [-0.3, -0.25) is 4.79 Å². The number of methoxy groups -OCH3 is 1. The third kappa shape index (κ3) is 2.47. The molecule has 188 valence electrons. The van der Waals surface area contributed by atoms with Gasteiger partial charge in [0.05, 0.1) is 18.1 Å². The third-order valence-electron chi connectivity index (χ3n) is 10.9. The minimum absolute atomic E-state index is 0.0210. The fourth-order valence-electron chi connectivity index (χ4n) is 9.58. The van der Waals surface area contributed by atoms with Crippen LogP contribution in [0, 0.1) is 45.8 Å². The molecule has 3 saturated carbocycles. The molecule has 4 aliphatic carbocycles. The highest BCUT2D eigenvalue weighted by Crippen LogP contribution is 2.82. The van der Waals surface area contributed by atoms with E-state index in [0.717, 1.165) is 31.1 Å². The van der Waals surface area contributed by atoms with Gasteiger partial charge in [-0.05, 0) is 55.8 Å². The normalized spacial score (nSPS) is 54.5. The van der Waals surface area contributed by atoms with Gasteiger partial charge in [-0.25, -0.2) is 0 Å². The molecular formula is C27H38O7. The number of ether oxygens (including phenoxy) is 4. The number of hydrogen-bond donors (Lipinski definition) is 1. The maximum absolute atomic E-state index is 13.5. The summed E-state index contributed by atoms with van der Waals surface area (Å²) < 4.78 is 24.0. The first kappa shape index (κ1) is 23.1. The highest BCUT2D eigenvalue weighted by atomic mass is 16.7. The van der Waals surface area contributed by atoms with Crippen molar-refractivity contribution >= 4 is 12.3 Å². The Hall–Kier alpha value is -1.28. The summed E-state index contributed by atoms with van der Waals surface area (Å²) in [7, 11) is 1.66. The van der Waals surface area contributed by atoms with Crippen molar-refractivity contribution in [3.05, 3.63) is 11.6 Å². The van der Waals surface area contributed by atoms with E-state index < -0.39 is 28.5 Å². The zero-order chi connectivity index (χ0) is 24.2. The molecule has 2 saturated heterocycles. The summed E-state index contributed by atoms with van der Waals surface area (Å²) in [6.45, 7) is 8.63. The lowest BCUT2D eigenvalue weighted by molar-refractivity contribution is -0.237. The van der Waals surface area contributed by atoms with E-state index in [1.165, 1.54) is 0 Å². The van der Waals surface area contributed by atoms with Crippen LogP contribution >= 0.6 is 0 Å². The molecule has 0 amide bonds. The Kier molecular flexibility index (Phi) is 5.02. The molecule has 5 fully saturated rings. The van der Waals surface area contributed by atoms with Crippen LogP contribution in [0.3, 0.4) is 0 Å². The van der Waals surface area contributed by atoms with Crippen LogP contribution in [0.25, 0.3) is 0 Å². The predicted octanol–water partition coefficient (Wildman–Crippen LogP) is 3.45. The number of rotatable bonds is 7. The minimum Gasteiger partial charge on any atom is -0.481 e. The van der Waals surface area contributed by atoms with Gasteiger partial charge < -0.3 is 28.8 Å². The van der Waals surface area contributed by atoms with Crippen LogP contribution in [0.2, 0.25) is 0 Å². The van der Waals surface area contributed by atoms with Crippen molar-refractivity contribution in [3.63, 3.8) is 0 Å². The molecule has 6 rings (SSSR count). The van der Waals surface area contributed by atoms with E-state index >= 15 is 0 Å². The van der Waals surface area contributed by atoms with Crippen LogP contribution in [0.4, 0.5) is 0 Å². The third-order valence-corrected chi connectivity index (χ3v) is 10.9. The summed E-state index contributed by atoms with van der Waals surface area (Å²) in [4.78, 5) is 26.6. The van der Waals surface area contributed by atoms with Crippen LogP contribution < -0.4 is 0 Å². The topological polar surface area (TPSA) is 94.6 Å². The van der Waals surface area contributed by atoms with E-state index in [2.05, 4.69) is 26.8 Å². The van der Waals surface area contributed by atoms with Crippen molar-refractivity contribution < 1.29 is 33.6 Å². The molecule has 2 heterocycles. The minimum atomic E-state index is -1.22. The number of aldehydes is 1. The predicted molar refractivity (Wildman–Crippen MR) is 122 cm³/mol. The number of carboxylic acids is 1. The van der Waals surface area contributed by atoms with Crippen molar-refractivity contribution in [1.82, 2.24) is 0 Å². The average molecular weight is 475 g/mol. The maximum atomic E-state index is 13.5. The summed E-state index contributed by atoms with van der Waals surface area (Å²) >= 11 is 0. The number of epoxide rings is 1. The van der Waals surface area contributed by atoms with E-state index in [1.54, 1.807) is 7.11 Å². The first-order valence-corrected chi connectivity index (χ1v) is 13.1. The molecule has 12 atom stereocenters. The summed E-state index contributed by atoms with van der Waals surface area (Å²) in [6, 6.07) is 0. The zero-order valence-electron chi connectivity index (χ0n) is 20.9. The first-order valence-electron chi connectivity index (χ1n) is 13.1. The fraction of sp³-hybridized carbons (Fsp3) is 0.852. The van der Waals surface area contributed by atoms with Gasteiger partial charge in [0.2, 0.25) is 0 Å². The fourth-order valence-corrected chi connectivity index (χ4v) is 9.58. The van der Waals surface area contributed by atoms with E-state index in [0.29, 0.717) is 18.3 Å². The Bertz CT molecular complexity index is 928. The van der Waals surface area contributed by atoms with Crippen molar-refractivity contribution in [2.75, 3.05) is 13.7 Å². The number of hydrogen-bond acceptors (Lipinski definition) is 6. The lowest BCUT2D eigenvalue weighted by atomic mass is 9.43. The standard InChI is InChI=1S/C27H38O7/c1-13(2)19-8-16-9-25(11-28)18-7-6-14(3)17(18)10-26(16,27(19,25)24(29)30)12-32-23-22-21(34-22)20(31-5)15(4)33-23/h8,11,13-18,20-23H,6-7,9-10,12H2,1-5H3,(H,29,30)/t14?,15-,16?,17?,18?,20-,21-,22-,23-,25?,26?,27?/m1/s1. The van der Waals surface area contributed by atoms with Gasteiger partial charge in [-0.1, -0.05) is 38.8 Å². The molecular weight excluding hydrogens is 436 g/mol. The highest BCUT2D eigenvalue weighted by Gasteiger charge is 2.84. The van der Waals surface area contributed by atoms with E-state index in [-0.39, 0.29) is 48.8 Å². The van der Waals surface area contributed by atoms with Crippen LogP contribution in [-0.2, 0) is 28.5 Å². The molecule has 34 heavy (non-hydrogen) atoms. The Labute approximate surface area is 201 Å². The molecule has 0 aromatic carbocycles. The second kappa shape index (κ2) is 7.37.